The van der Waals surface area contributed by atoms with Crippen LogP contribution in [0.15, 0.2) is 115 Å². The van der Waals surface area contributed by atoms with Gasteiger partial charge in [0.1, 0.15) is 30.4 Å². The van der Waals surface area contributed by atoms with E-state index in [4.69, 9.17) is 30.6 Å². The molecule has 0 saturated carbocycles. The van der Waals surface area contributed by atoms with Gasteiger partial charge in [0.25, 0.3) is 0 Å². The first kappa shape index (κ1) is 133. The summed E-state index contributed by atoms with van der Waals surface area (Å²) in [5, 5.41) is 153. The SMILES string of the molecule is CCC(C)C(C(=O)[O-])c1ccccc1.CCCC(=O)C(=O)[O-].CCCC(O)C(=O)[O-].CCCCC/C=C\C/C=C\C/C=C\C/C=C\CCCC(=O)[O-].CCCCC/C=C\C/C=C\CCCCCCCC(=O)[O-].CCCCCCC(O)CCCCCCCCCCC(=O)[O-].CCCCCC[C@@H](O)C/C=C\CCCCCCCC(=O)[O-].O=C([O-])[C@H](O)[C@@H](O)[C@H](O)[C@H](O)CO. The normalized spacial score (nSPS) is 13.3. The van der Waals surface area contributed by atoms with Crippen molar-refractivity contribution in [2.24, 2.45) is 5.92 Å². The highest BCUT2D eigenvalue weighted by Gasteiger charge is 2.30. The van der Waals surface area contributed by atoms with Crippen LogP contribution in [0, 0.1) is 5.92 Å². The molecule has 0 aliphatic carbocycles. The fraction of sp³-hybridized carbons (Fsp3) is 0.716. The van der Waals surface area contributed by atoms with Crippen LogP contribution in [0.1, 0.15) is 420 Å². The summed E-state index contributed by atoms with van der Waals surface area (Å²) in [6.45, 7) is 15.5. The molecule has 738 valence electrons. The van der Waals surface area contributed by atoms with Crippen LogP contribution in [0.25, 0.3) is 0 Å². The van der Waals surface area contributed by atoms with E-state index in [9.17, 15) is 94.2 Å². The molecule has 25 nitrogen and oxygen atoms in total. The number of aliphatic carboxylic acids is 8. The number of allylic oxidation sites excluding steroid dienone is 13. The van der Waals surface area contributed by atoms with Gasteiger partial charge in [0, 0.05) is 42.2 Å². The van der Waals surface area contributed by atoms with Crippen molar-refractivity contribution in [3.8, 4) is 0 Å². The molecule has 4 unspecified atom stereocenters. The third-order valence-corrected chi connectivity index (χ3v) is 20.0. The highest BCUT2D eigenvalue weighted by atomic mass is 16.4. The van der Waals surface area contributed by atoms with Gasteiger partial charge in [-0.15, -0.1) is 0 Å². The number of carbonyl (C=O) groups is 9. The Balaban J connectivity index is -0.000000264. The van der Waals surface area contributed by atoms with Crippen molar-refractivity contribution in [2.75, 3.05) is 6.61 Å². The minimum Gasteiger partial charge on any atom is -0.550 e. The maximum Gasteiger partial charge on any atom is 0.178 e. The first-order valence-corrected chi connectivity index (χ1v) is 47.9. The van der Waals surface area contributed by atoms with Crippen LogP contribution in [0.2, 0.25) is 0 Å². The van der Waals surface area contributed by atoms with Crippen molar-refractivity contribution in [2.45, 2.75) is 457 Å². The quantitative estimate of drug-likeness (QED) is 0.0171. The van der Waals surface area contributed by atoms with Gasteiger partial charge < -0.3 is 120 Å². The Morgan fingerprint density at radius 1 is 0.315 bits per heavy atom. The maximum absolute atomic E-state index is 11.0. The smallest absolute Gasteiger partial charge is 0.178 e. The van der Waals surface area contributed by atoms with Crippen molar-refractivity contribution < 1.29 is 125 Å². The van der Waals surface area contributed by atoms with E-state index in [0.29, 0.717) is 19.3 Å². The molecule has 0 amide bonds. The molecule has 0 aromatic heterocycles. The van der Waals surface area contributed by atoms with E-state index in [1.807, 2.05) is 50.3 Å². The number of hydrogen-bond acceptors (Lipinski definition) is 25. The second kappa shape index (κ2) is 106. The molecule has 127 heavy (non-hydrogen) atoms. The molecule has 0 heterocycles. The monoisotopic (exact) mass is 1800 g/mol. The van der Waals surface area contributed by atoms with Crippen LogP contribution in [-0.2, 0) is 43.2 Å². The standard InChI is InChI=1S/C20H32O2.C18H36O3.C18H34O3.C18H32O2.C12H16O2.C6H12O7.C5H10O3.C5H8O3/c1-2-3-4-5-6-7-8-9-10-11-12-13-14-15-16-17-18-19-20(21)22;2*1-2-3-4-11-14-17(19)15-12-9-7-5-6-8-10-13-16-18(20)21;1-2-3-4-5-6-7-8-9-10-11-12-13-14-15-16-17-18(19)20;1-3-9(2)11(12(13)14)10-7-5-4-6-8-10;7-1-2(8)3(9)4(10)5(11)6(12)13;2*1-2-3-4(6)5(7)8/h6-7,9-10,12-13,15-16H,2-5,8,11,14,17-19H2,1H3,(H,21,22);17,19H,2-16H2,1H3,(H,20,21);9,12,17,19H,2-8,10-11,13-16H2,1H3,(H,20,21);6-7,9-10H,2-5,8,11-17H2,1H3,(H,19,20);4-9,11H,3H2,1-2H3,(H,13,14);2-5,7-11H,1H2,(H,12,13);4,6H,2-3H2,1H3,(H,7,8);2-3H2,1H3,(H,7,8)/p-8/b7-6-,10-9-,13-12-,16-15-;;12-9-;7-6-,10-9-;;;;/t;;17-;;;2-,3-,4+,5-;;/m..1..1../s1. The Morgan fingerprint density at radius 2 is 0.630 bits per heavy atom. The number of unbranched alkanes of at least 4 members (excludes halogenated alkanes) is 30. The molecule has 0 fully saturated rings. The van der Waals surface area contributed by atoms with Crippen LogP contribution in [-0.4, -0.2) is 144 Å². The van der Waals surface area contributed by atoms with E-state index in [-0.39, 0.29) is 56.7 Å². The molecular formula is C102H172O25-8. The number of aliphatic hydroxyl groups excluding tert-OH is 8. The van der Waals surface area contributed by atoms with Crippen LogP contribution >= 0.6 is 0 Å². The number of carboxylic acids is 8. The van der Waals surface area contributed by atoms with E-state index in [1.54, 1.807) is 13.8 Å². The summed E-state index contributed by atoms with van der Waals surface area (Å²) >= 11 is 0. The molecule has 0 saturated heterocycles. The number of carbonyl (C=O) groups excluding carboxylic acids is 9. The van der Waals surface area contributed by atoms with Crippen LogP contribution in [0.3, 0.4) is 0 Å². The van der Waals surface area contributed by atoms with Crippen LogP contribution < -0.4 is 40.9 Å². The lowest BCUT2D eigenvalue weighted by Gasteiger charge is -2.25. The lowest BCUT2D eigenvalue weighted by Crippen LogP contribution is -2.52. The Hall–Kier alpha value is -7.49. The number of ketones is 1. The van der Waals surface area contributed by atoms with Crippen molar-refractivity contribution in [3.63, 3.8) is 0 Å². The van der Waals surface area contributed by atoms with Crippen molar-refractivity contribution in [3.05, 3.63) is 121 Å². The fourth-order valence-corrected chi connectivity index (χ4v) is 12.0. The first-order chi connectivity index (χ1) is 60.8. The average Bonchev–Trinajstić information content (AvgIpc) is 0.869. The molecule has 8 N–H and O–H groups in total. The third kappa shape index (κ3) is 111. The Bertz CT molecular complexity index is 2890. The zero-order chi connectivity index (χ0) is 97.0. The molecule has 0 bridgehead atoms. The average molecular weight is 1800 g/mol. The van der Waals surface area contributed by atoms with Gasteiger partial charge in [-0.05, 0) is 185 Å². The van der Waals surface area contributed by atoms with Gasteiger partial charge in [-0.3, -0.25) is 4.79 Å². The third-order valence-electron chi connectivity index (χ3n) is 20.0. The van der Waals surface area contributed by atoms with Crippen molar-refractivity contribution >= 4 is 53.5 Å². The second-order valence-electron chi connectivity index (χ2n) is 32.0. The minimum absolute atomic E-state index is 0.0856. The summed E-state index contributed by atoms with van der Waals surface area (Å²) in [7, 11) is 0. The number of rotatable bonds is 74. The summed E-state index contributed by atoms with van der Waals surface area (Å²) in [5.41, 5.74) is 0.835. The molecule has 0 aliphatic rings. The van der Waals surface area contributed by atoms with Gasteiger partial charge in [-0.2, -0.15) is 0 Å². The highest BCUT2D eigenvalue weighted by molar-refractivity contribution is 6.31. The number of benzene rings is 1. The van der Waals surface area contributed by atoms with Gasteiger partial charge in [0.05, 0.1) is 36.9 Å². The first-order valence-electron chi connectivity index (χ1n) is 47.9. The zero-order valence-corrected chi connectivity index (χ0v) is 79.3. The molecular weight excluding hydrogens is 1630 g/mol. The summed E-state index contributed by atoms with van der Waals surface area (Å²) in [6, 6.07) is 9.27. The summed E-state index contributed by atoms with van der Waals surface area (Å²) in [5.74, 6) is -10.8. The molecule has 0 radical (unpaired) electrons. The summed E-state index contributed by atoms with van der Waals surface area (Å²) < 4.78 is 0. The largest absolute Gasteiger partial charge is 0.550 e. The van der Waals surface area contributed by atoms with E-state index in [2.05, 4.69) is 107 Å². The highest BCUT2D eigenvalue weighted by Crippen LogP contribution is 2.26. The lowest BCUT2D eigenvalue weighted by molar-refractivity contribution is -0.320. The van der Waals surface area contributed by atoms with Gasteiger partial charge in [0.15, 0.2) is 5.78 Å². The number of aliphatic hydroxyl groups is 8. The molecule has 0 aliphatic heterocycles. The topological polar surface area (TPSA) is 500 Å². The van der Waals surface area contributed by atoms with E-state index >= 15 is 0 Å². The van der Waals surface area contributed by atoms with Gasteiger partial charge in [-0.1, -0.05) is 344 Å². The fourth-order valence-electron chi connectivity index (χ4n) is 12.0. The lowest BCUT2D eigenvalue weighted by atomic mass is 9.86. The molecule has 1 aromatic rings. The van der Waals surface area contributed by atoms with Crippen molar-refractivity contribution in [1.29, 1.82) is 0 Å². The van der Waals surface area contributed by atoms with Crippen LogP contribution in [0.4, 0.5) is 0 Å². The predicted molar refractivity (Wildman–Crippen MR) is 490 cm³/mol. The number of hydrogen-bond donors (Lipinski definition) is 8. The van der Waals surface area contributed by atoms with Gasteiger partial charge in [0.2, 0.25) is 0 Å². The summed E-state index contributed by atoms with van der Waals surface area (Å²) in [6.07, 6.45) is 74.9. The van der Waals surface area contributed by atoms with E-state index in [0.717, 1.165) is 166 Å². The Kier molecular flexibility index (Phi) is 110. The predicted octanol–water partition coefficient (Wildman–Crippen LogP) is 11.9. The Morgan fingerprint density at radius 3 is 0.937 bits per heavy atom. The molecule has 25 heteroatoms. The minimum atomic E-state index is -2.31. The zero-order valence-electron chi connectivity index (χ0n) is 79.3. The molecule has 1 rings (SSSR count). The van der Waals surface area contributed by atoms with Gasteiger partial charge >= 0.3 is 0 Å². The van der Waals surface area contributed by atoms with Crippen LogP contribution in [0.5, 0.6) is 0 Å². The molecule has 1 aromatic carbocycles. The summed E-state index contributed by atoms with van der Waals surface area (Å²) in [4.78, 5) is 91.3. The number of carboxylic acid groups (broad SMARTS) is 8. The van der Waals surface area contributed by atoms with Gasteiger partial charge in [-0.25, -0.2) is 0 Å². The van der Waals surface area contributed by atoms with Crippen molar-refractivity contribution in [1.82, 2.24) is 0 Å². The Labute approximate surface area is 765 Å². The van der Waals surface area contributed by atoms with E-state index in [1.165, 1.54) is 135 Å². The van der Waals surface area contributed by atoms with E-state index < -0.39 is 96.6 Å². The molecule has 0 spiro atoms. The number of Topliss-reactive ketones (excluding diaryl/α,β-unsaturated/α-hetero) is 1. The molecule has 9 atom stereocenters. The second-order valence-corrected chi connectivity index (χ2v) is 32.0. The maximum atomic E-state index is 11.0.